The van der Waals surface area contributed by atoms with Gasteiger partial charge >= 0.3 is 0 Å². The Morgan fingerprint density at radius 2 is 2.05 bits per heavy atom. The van der Waals surface area contributed by atoms with Crippen LogP contribution in [0.5, 0.6) is 0 Å². The van der Waals surface area contributed by atoms with Crippen LogP contribution >= 0.6 is 0 Å². The fourth-order valence-electron chi connectivity index (χ4n) is 2.59. The molecule has 0 saturated heterocycles. The molecule has 19 heavy (non-hydrogen) atoms. The Morgan fingerprint density at radius 3 is 2.53 bits per heavy atom. The van der Waals surface area contributed by atoms with Gasteiger partial charge in [-0.15, -0.1) is 0 Å². The molecule has 0 aliphatic carbocycles. The van der Waals surface area contributed by atoms with E-state index in [4.69, 9.17) is 4.42 Å². The van der Waals surface area contributed by atoms with Crippen molar-refractivity contribution in [2.75, 3.05) is 7.05 Å². The van der Waals surface area contributed by atoms with Crippen LogP contribution in [0.25, 0.3) is 0 Å². The first-order chi connectivity index (χ1) is 9.06. The first-order valence-electron chi connectivity index (χ1n) is 6.81. The van der Waals surface area contributed by atoms with Crippen LogP contribution in [0.15, 0.2) is 16.8 Å². The van der Waals surface area contributed by atoms with E-state index in [0.29, 0.717) is 0 Å². The summed E-state index contributed by atoms with van der Waals surface area (Å²) in [5.74, 6) is 2.02. The number of hydrogen-bond acceptors (Lipinski definition) is 3. The number of aromatic nitrogens is 2. The topological polar surface area (TPSA) is 43.0 Å². The van der Waals surface area contributed by atoms with E-state index in [9.17, 15) is 0 Å². The fraction of sp³-hybridized carbons (Fsp3) is 0.533. The molecule has 0 aromatic carbocycles. The van der Waals surface area contributed by atoms with Gasteiger partial charge in [-0.3, -0.25) is 4.68 Å². The lowest BCUT2D eigenvalue weighted by Crippen LogP contribution is -2.19. The molecule has 104 valence electrons. The number of nitrogens with one attached hydrogen (secondary N) is 1. The number of nitrogens with zero attached hydrogens (tertiary/aromatic N) is 2. The van der Waals surface area contributed by atoms with E-state index < -0.39 is 0 Å². The van der Waals surface area contributed by atoms with Gasteiger partial charge in [0.2, 0.25) is 0 Å². The van der Waals surface area contributed by atoms with Gasteiger partial charge in [0.15, 0.2) is 0 Å². The Labute approximate surface area is 114 Å². The monoisotopic (exact) mass is 261 g/mol. The molecule has 0 aliphatic heterocycles. The maximum Gasteiger partial charge on any atom is 0.106 e. The summed E-state index contributed by atoms with van der Waals surface area (Å²) in [5.41, 5.74) is 3.78. The molecule has 2 heterocycles. The summed E-state index contributed by atoms with van der Waals surface area (Å²) < 4.78 is 7.69. The number of aryl methyl sites for hydroxylation is 3. The van der Waals surface area contributed by atoms with E-state index in [-0.39, 0.29) is 6.04 Å². The first-order valence-corrected chi connectivity index (χ1v) is 6.81. The summed E-state index contributed by atoms with van der Waals surface area (Å²) in [6, 6.07) is 0.270. The number of likely N-dealkylation sites (N-methyl/N-ethyl adjacent to an activating group) is 1. The molecule has 0 amide bonds. The van der Waals surface area contributed by atoms with E-state index in [1.165, 1.54) is 16.7 Å². The molecule has 4 heteroatoms. The molecular formula is C15H23N3O. The van der Waals surface area contributed by atoms with E-state index in [2.05, 4.69) is 30.5 Å². The van der Waals surface area contributed by atoms with Crippen molar-refractivity contribution in [1.29, 1.82) is 0 Å². The van der Waals surface area contributed by atoms with Crippen LogP contribution in [0.1, 0.15) is 41.2 Å². The zero-order valence-electron chi connectivity index (χ0n) is 12.4. The van der Waals surface area contributed by atoms with Gasteiger partial charge in [0.05, 0.1) is 6.20 Å². The number of furan rings is 1. The van der Waals surface area contributed by atoms with Gasteiger partial charge in [0.1, 0.15) is 11.5 Å². The van der Waals surface area contributed by atoms with E-state index in [1.54, 1.807) is 0 Å². The van der Waals surface area contributed by atoms with Crippen LogP contribution in [0, 0.1) is 20.8 Å². The van der Waals surface area contributed by atoms with Gasteiger partial charge in [-0.05, 0) is 52.3 Å². The smallest absolute Gasteiger partial charge is 0.106 e. The second-order valence-electron chi connectivity index (χ2n) is 5.00. The lowest BCUT2D eigenvalue weighted by molar-refractivity contribution is 0.489. The van der Waals surface area contributed by atoms with Crippen molar-refractivity contribution in [3.63, 3.8) is 0 Å². The second kappa shape index (κ2) is 5.61. The third kappa shape index (κ3) is 2.73. The zero-order valence-corrected chi connectivity index (χ0v) is 12.4. The molecule has 0 aliphatic rings. The molecule has 4 nitrogen and oxygen atoms in total. The highest BCUT2D eigenvalue weighted by Crippen LogP contribution is 2.29. The Kier molecular flexibility index (Phi) is 4.10. The van der Waals surface area contributed by atoms with Gasteiger partial charge in [-0.25, -0.2) is 0 Å². The van der Waals surface area contributed by atoms with E-state index in [1.807, 2.05) is 31.8 Å². The average Bonchev–Trinajstić information content (AvgIpc) is 2.93. The quantitative estimate of drug-likeness (QED) is 0.900. The highest BCUT2D eigenvalue weighted by atomic mass is 16.3. The molecular weight excluding hydrogens is 238 g/mol. The minimum Gasteiger partial charge on any atom is -0.466 e. The summed E-state index contributed by atoms with van der Waals surface area (Å²) in [6.45, 7) is 9.19. The largest absolute Gasteiger partial charge is 0.466 e. The van der Waals surface area contributed by atoms with Gasteiger partial charge in [0, 0.05) is 24.3 Å². The summed E-state index contributed by atoms with van der Waals surface area (Å²) in [6.07, 6.45) is 4.99. The summed E-state index contributed by atoms with van der Waals surface area (Å²) in [5, 5.41) is 7.72. The van der Waals surface area contributed by atoms with Crippen LogP contribution < -0.4 is 5.32 Å². The normalized spacial score (nSPS) is 12.9. The predicted molar refractivity (Wildman–Crippen MR) is 76.3 cm³/mol. The Balaban J connectivity index is 2.24. The van der Waals surface area contributed by atoms with Crippen molar-refractivity contribution >= 4 is 0 Å². The molecule has 0 radical (unpaired) electrons. The standard InChI is InChI=1S/C15H23N3O/c1-6-18-9-13(8-17-18)7-14(16-5)15-10(2)11(3)19-12(15)4/h8-9,14,16H,6-7H2,1-5H3. The van der Waals surface area contributed by atoms with E-state index >= 15 is 0 Å². The molecule has 2 aromatic heterocycles. The van der Waals surface area contributed by atoms with Crippen LogP contribution in [-0.2, 0) is 13.0 Å². The SMILES string of the molecule is CCn1cc(CC(NC)c2c(C)oc(C)c2C)cn1. The van der Waals surface area contributed by atoms with Crippen molar-refractivity contribution in [3.05, 3.63) is 40.6 Å². The molecule has 0 fully saturated rings. The van der Waals surface area contributed by atoms with Crippen LogP contribution in [0.3, 0.4) is 0 Å². The molecule has 0 spiro atoms. The van der Waals surface area contributed by atoms with Crippen molar-refractivity contribution < 1.29 is 4.42 Å². The zero-order chi connectivity index (χ0) is 14.0. The lowest BCUT2D eigenvalue weighted by atomic mass is 9.97. The predicted octanol–water partition coefficient (Wildman–Crippen LogP) is 2.92. The van der Waals surface area contributed by atoms with Gasteiger partial charge in [-0.2, -0.15) is 5.10 Å². The van der Waals surface area contributed by atoms with Crippen molar-refractivity contribution in [2.45, 2.75) is 46.7 Å². The Hall–Kier alpha value is -1.55. The van der Waals surface area contributed by atoms with Crippen LogP contribution in [0.2, 0.25) is 0 Å². The second-order valence-corrected chi connectivity index (χ2v) is 5.00. The van der Waals surface area contributed by atoms with Crippen LogP contribution in [-0.4, -0.2) is 16.8 Å². The number of hydrogen-bond donors (Lipinski definition) is 1. The van der Waals surface area contributed by atoms with E-state index in [0.717, 1.165) is 24.5 Å². The van der Waals surface area contributed by atoms with Gasteiger partial charge < -0.3 is 9.73 Å². The fourth-order valence-corrected chi connectivity index (χ4v) is 2.59. The summed E-state index contributed by atoms with van der Waals surface area (Å²) in [7, 11) is 2.00. The first kappa shape index (κ1) is 13.9. The summed E-state index contributed by atoms with van der Waals surface area (Å²) >= 11 is 0. The molecule has 2 aromatic rings. The highest BCUT2D eigenvalue weighted by molar-refractivity contribution is 5.35. The average molecular weight is 261 g/mol. The minimum absolute atomic E-state index is 0.270. The van der Waals surface area contributed by atoms with Crippen molar-refractivity contribution in [3.8, 4) is 0 Å². The third-order valence-corrected chi connectivity index (χ3v) is 3.77. The molecule has 0 saturated carbocycles. The molecule has 0 bridgehead atoms. The Morgan fingerprint density at radius 1 is 1.32 bits per heavy atom. The van der Waals surface area contributed by atoms with Gasteiger partial charge in [-0.1, -0.05) is 0 Å². The highest BCUT2D eigenvalue weighted by Gasteiger charge is 2.20. The van der Waals surface area contributed by atoms with Crippen molar-refractivity contribution in [1.82, 2.24) is 15.1 Å². The Bertz CT molecular complexity index is 554. The molecule has 1 N–H and O–H groups in total. The molecule has 1 unspecified atom stereocenters. The maximum absolute atomic E-state index is 5.73. The summed E-state index contributed by atoms with van der Waals surface area (Å²) in [4.78, 5) is 0. The van der Waals surface area contributed by atoms with Crippen LogP contribution in [0.4, 0.5) is 0 Å². The molecule has 2 rings (SSSR count). The van der Waals surface area contributed by atoms with Crippen molar-refractivity contribution in [2.24, 2.45) is 0 Å². The lowest BCUT2D eigenvalue weighted by Gasteiger charge is -2.16. The minimum atomic E-state index is 0.270. The molecule has 1 atom stereocenters. The third-order valence-electron chi connectivity index (χ3n) is 3.77. The maximum atomic E-state index is 5.73. The van der Waals surface area contributed by atoms with Gasteiger partial charge in [0.25, 0.3) is 0 Å². The number of rotatable bonds is 5.